The smallest absolute Gasteiger partial charge is 0.332 e. The highest BCUT2D eigenvalue weighted by Crippen LogP contribution is 2.36. The van der Waals surface area contributed by atoms with Gasteiger partial charge in [-0.2, -0.15) is 24.5 Å². The molecule has 2 nitrogen and oxygen atoms in total. The second kappa shape index (κ2) is 5.96. The molecule has 0 aliphatic carbocycles. The van der Waals surface area contributed by atoms with Gasteiger partial charge >= 0.3 is 6.18 Å². The summed E-state index contributed by atoms with van der Waals surface area (Å²) in [5.41, 5.74) is -0.561. The van der Waals surface area contributed by atoms with Gasteiger partial charge in [0.25, 0.3) is 5.91 Å². The molecule has 1 amide bonds. The lowest BCUT2D eigenvalue weighted by Crippen LogP contribution is -2.30. The fourth-order valence-corrected chi connectivity index (χ4v) is 3.57. The minimum Gasteiger partial charge on any atom is -0.332 e. The van der Waals surface area contributed by atoms with Crippen molar-refractivity contribution in [2.45, 2.75) is 25.1 Å². The van der Waals surface area contributed by atoms with Crippen molar-refractivity contribution in [3.05, 3.63) is 57.5 Å². The van der Waals surface area contributed by atoms with E-state index < -0.39 is 23.5 Å². The molecular formula is C16H13F4NOS. The standard InChI is InChI=1S/C16H13F4NOS/c17-13-4-3-10(8-12(13)16(18,19)20)15(22)21-6-1-2-14(21)11-5-7-23-9-11/h3-5,7-9,14H,1-2,6H2/t14-/m0/s1. The fraction of sp³-hybridized carbons (Fsp3) is 0.312. The molecular weight excluding hydrogens is 330 g/mol. The normalized spacial score (nSPS) is 18.4. The molecule has 1 atom stereocenters. The van der Waals surface area contributed by atoms with Crippen LogP contribution in [-0.2, 0) is 6.18 Å². The van der Waals surface area contributed by atoms with Gasteiger partial charge in [-0.05, 0) is 53.4 Å². The van der Waals surface area contributed by atoms with E-state index in [0.29, 0.717) is 18.7 Å². The number of halogens is 4. The van der Waals surface area contributed by atoms with E-state index in [0.717, 1.165) is 24.5 Å². The van der Waals surface area contributed by atoms with Crippen LogP contribution >= 0.6 is 11.3 Å². The summed E-state index contributed by atoms with van der Waals surface area (Å²) in [5, 5.41) is 3.83. The number of amides is 1. The van der Waals surface area contributed by atoms with Gasteiger partial charge in [-0.25, -0.2) is 4.39 Å². The number of alkyl halides is 3. The van der Waals surface area contributed by atoms with Crippen LogP contribution in [0.15, 0.2) is 35.0 Å². The van der Waals surface area contributed by atoms with Gasteiger partial charge in [-0.15, -0.1) is 0 Å². The molecule has 1 aliphatic heterocycles. The molecule has 0 bridgehead atoms. The van der Waals surface area contributed by atoms with E-state index in [1.807, 2.05) is 16.8 Å². The van der Waals surface area contributed by atoms with E-state index in [9.17, 15) is 22.4 Å². The van der Waals surface area contributed by atoms with Crippen molar-refractivity contribution in [2.75, 3.05) is 6.54 Å². The first kappa shape index (κ1) is 16.0. The number of nitrogens with zero attached hydrogens (tertiary/aromatic N) is 1. The van der Waals surface area contributed by atoms with E-state index in [2.05, 4.69) is 0 Å². The Labute approximate surface area is 134 Å². The summed E-state index contributed by atoms with van der Waals surface area (Å²) in [6, 6.07) is 4.18. The van der Waals surface area contributed by atoms with Crippen LogP contribution in [0.1, 0.15) is 40.4 Å². The average molecular weight is 343 g/mol. The van der Waals surface area contributed by atoms with E-state index in [4.69, 9.17) is 0 Å². The molecule has 0 spiro atoms. The third kappa shape index (κ3) is 3.10. The third-order valence-corrected chi connectivity index (χ3v) is 4.66. The van der Waals surface area contributed by atoms with Gasteiger partial charge in [0.2, 0.25) is 0 Å². The Morgan fingerprint density at radius 3 is 2.70 bits per heavy atom. The summed E-state index contributed by atoms with van der Waals surface area (Å²) in [6.45, 7) is 0.484. The summed E-state index contributed by atoms with van der Waals surface area (Å²) in [7, 11) is 0. The second-order valence-corrected chi connectivity index (χ2v) is 6.19. The largest absolute Gasteiger partial charge is 0.419 e. The molecule has 0 saturated carbocycles. The predicted molar refractivity (Wildman–Crippen MR) is 78.7 cm³/mol. The zero-order valence-electron chi connectivity index (χ0n) is 11.9. The molecule has 2 heterocycles. The first-order valence-corrected chi connectivity index (χ1v) is 8.02. The molecule has 1 aromatic heterocycles. The summed E-state index contributed by atoms with van der Waals surface area (Å²) in [4.78, 5) is 14.1. The van der Waals surface area contributed by atoms with Crippen molar-refractivity contribution in [3.8, 4) is 0 Å². The van der Waals surface area contributed by atoms with Crippen molar-refractivity contribution in [1.82, 2.24) is 4.90 Å². The van der Waals surface area contributed by atoms with Crippen LogP contribution in [0.4, 0.5) is 17.6 Å². The minimum absolute atomic E-state index is 0.131. The van der Waals surface area contributed by atoms with Crippen LogP contribution in [0, 0.1) is 5.82 Å². The lowest BCUT2D eigenvalue weighted by molar-refractivity contribution is -0.140. The molecule has 2 aromatic rings. The minimum atomic E-state index is -4.82. The van der Waals surface area contributed by atoms with Crippen LogP contribution in [0.25, 0.3) is 0 Å². The first-order valence-electron chi connectivity index (χ1n) is 7.08. The maximum absolute atomic E-state index is 13.4. The summed E-state index contributed by atoms with van der Waals surface area (Å²) >= 11 is 1.51. The Kier molecular flexibility index (Phi) is 4.14. The van der Waals surface area contributed by atoms with Gasteiger partial charge in [0.05, 0.1) is 11.6 Å². The van der Waals surface area contributed by atoms with Gasteiger partial charge in [0.1, 0.15) is 5.82 Å². The zero-order chi connectivity index (χ0) is 16.6. The number of benzene rings is 1. The highest BCUT2D eigenvalue weighted by atomic mass is 32.1. The highest BCUT2D eigenvalue weighted by molar-refractivity contribution is 7.07. The summed E-state index contributed by atoms with van der Waals surface area (Å²) in [6.07, 6.45) is -3.26. The lowest BCUT2D eigenvalue weighted by Gasteiger charge is -2.24. The highest BCUT2D eigenvalue weighted by Gasteiger charge is 2.36. The second-order valence-electron chi connectivity index (χ2n) is 5.41. The number of carbonyl (C=O) groups is 1. The van der Waals surface area contributed by atoms with Crippen LogP contribution in [0.3, 0.4) is 0 Å². The molecule has 0 radical (unpaired) electrons. The van der Waals surface area contributed by atoms with E-state index in [1.54, 1.807) is 4.90 Å². The molecule has 0 N–H and O–H groups in total. The van der Waals surface area contributed by atoms with Crippen molar-refractivity contribution in [1.29, 1.82) is 0 Å². The van der Waals surface area contributed by atoms with Crippen molar-refractivity contribution in [3.63, 3.8) is 0 Å². The van der Waals surface area contributed by atoms with Gasteiger partial charge in [0.15, 0.2) is 0 Å². The van der Waals surface area contributed by atoms with Gasteiger partial charge in [0, 0.05) is 12.1 Å². The Balaban J connectivity index is 1.91. The molecule has 7 heteroatoms. The van der Waals surface area contributed by atoms with Crippen molar-refractivity contribution >= 4 is 17.2 Å². The quantitative estimate of drug-likeness (QED) is 0.712. The Hall–Kier alpha value is -1.89. The van der Waals surface area contributed by atoms with E-state index in [-0.39, 0.29) is 11.6 Å². The number of rotatable bonds is 2. The van der Waals surface area contributed by atoms with E-state index in [1.165, 1.54) is 11.3 Å². The average Bonchev–Trinajstić information content (AvgIpc) is 3.16. The van der Waals surface area contributed by atoms with Crippen LogP contribution in [0.5, 0.6) is 0 Å². The molecule has 1 aromatic carbocycles. The molecule has 3 rings (SSSR count). The lowest BCUT2D eigenvalue weighted by atomic mass is 10.1. The number of hydrogen-bond acceptors (Lipinski definition) is 2. The van der Waals surface area contributed by atoms with Gasteiger partial charge in [-0.1, -0.05) is 0 Å². The van der Waals surface area contributed by atoms with Crippen molar-refractivity contribution in [2.24, 2.45) is 0 Å². The zero-order valence-corrected chi connectivity index (χ0v) is 12.8. The molecule has 1 aliphatic rings. The topological polar surface area (TPSA) is 20.3 Å². The van der Waals surface area contributed by atoms with Crippen LogP contribution < -0.4 is 0 Å². The molecule has 0 unspecified atom stereocenters. The SMILES string of the molecule is O=C(c1ccc(F)c(C(F)(F)F)c1)N1CCC[C@H]1c1ccsc1. The Morgan fingerprint density at radius 1 is 1.26 bits per heavy atom. The fourth-order valence-electron chi connectivity index (χ4n) is 2.86. The predicted octanol–water partition coefficient (Wildman–Crippen LogP) is 4.88. The van der Waals surface area contributed by atoms with E-state index >= 15 is 0 Å². The Morgan fingerprint density at radius 2 is 2.04 bits per heavy atom. The summed E-state index contributed by atoms with van der Waals surface area (Å²) in [5.74, 6) is -1.87. The van der Waals surface area contributed by atoms with Crippen LogP contribution in [0.2, 0.25) is 0 Å². The molecule has 23 heavy (non-hydrogen) atoms. The maximum atomic E-state index is 13.4. The Bertz CT molecular complexity index is 711. The van der Waals surface area contributed by atoms with Crippen molar-refractivity contribution < 1.29 is 22.4 Å². The summed E-state index contributed by atoms with van der Waals surface area (Å²) < 4.78 is 51.8. The molecule has 1 fully saturated rings. The van der Waals surface area contributed by atoms with Crippen LogP contribution in [-0.4, -0.2) is 17.4 Å². The number of thiophene rings is 1. The monoisotopic (exact) mass is 343 g/mol. The maximum Gasteiger partial charge on any atom is 0.419 e. The molecule has 1 saturated heterocycles. The number of carbonyl (C=O) groups excluding carboxylic acids is 1. The third-order valence-electron chi connectivity index (χ3n) is 3.96. The number of hydrogen-bond donors (Lipinski definition) is 0. The van der Waals surface area contributed by atoms with Gasteiger partial charge < -0.3 is 4.90 Å². The van der Waals surface area contributed by atoms with Gasteiger partial charge in [-0.3, -0.25) is 4.79 Å². The molecule has 122 valence electrons. The first-order chi connectivity index (χ1) is 10.9. The number of likely N-dealkylation sites (tertiary alicyclic amines) is 1.